The van der Waals surface area contributed by atoms with Gasteiger partial charge in [-0.05, 0) is 31.5 Å². The van der Waals surface area contributed by atoms with E-state index >= 15 is 0 Å². The van der Waals surface area contributed by atoms with Crippen LogP contribution in [0, 0.1) is 11.8 Å². The minimum atomic E-state index is 0.113. The van der Waals surface area contributed by atoms with E-state index in [1.165, 1.54) is 5.56 Å². The largest absolute Gasteiger partial charge is 0.339 e. The zero-order chi connectivity index (χ0) is 13.1. The molecule has 2 atom stereocenters. The van der Waals surface area contributed by atoms with Gasteiger partial charge in [0, 0.05) is 13.0 Å². The Morgan fingerprint density at radius 2 is 1.89 bits per heavy atom. The molecule has 0 aliphatic carbocycles. The lowest BCUT2D eigenvalue weighted by Gasteiger charge is -2.35. The van der Waals surface area contributed by atoms with Gasteiger partial charge in [-0.25, -0.2) is 0 Å². The highest BCUT2D eigenvalue weighted by Crippen LogP contribution is 2.24. The van der Waals surface area contributed by atoms with Crippen LogP contribution in [0.2, 0.25) is 0 Å². The minimum absolute atomic E-state index is 0.113. The molecule has 1 amide bonds. The van der Waals surface area contributed by atoms with Gasteiger partial charge in [0.05, 0.1) is 6.04 Å². The van der Waals surface area contributed by atoms with Crippen LogP contribution < -0.4 is 5.32 Å². The normalized spacial score (nSPS) is 18.8. The van der Waals surface area contributed by atoms with E-state index in [2.05, 4.69) is 24.4 Å². The van der Waals surface area contributed by atoms with Crippen molar-refractivity contribution in [1.82, 2.24) is 10.2 Å². The van der Waals surface area contributed by atoms with E-state index in [4.69, 9.17) is 0 Å². The molecule has 0 saturated carbocycles. The summed E-state index contributed by atoms with van der Waals surface area (Å²) < 4.78 is 0. The van der Waals surface area contributed by atoms with Crippen LogP contribution >= 0.6 is 0 Å². The molecule has 1 aromatic carbocycles. The van der Waals surface area contributed by atoms with Crippen LogP contribution in [-0.2, 0) is 4.79 Å². The topological polar surface area (TPSA) is 32.3 Å². The molecule has 1 N–H and O–H groups in total. The van der Waals surface area contributed by atoms with Crippen molar-refractivity contribution in [3.8, 4) is 0 Å². The fourth-order valence-electron chi connectivity index (χ4n) is 2.33. The van der Waals surface area contributed by atoms with Gasteiger partial charge in [0.25, 0.3) is 0 Å². The van der Waals surface area contributed by atoms with E-state index in [-0.39, 0.29) is 17.9 Å². The Balaban J connectivity index is 2.01. The molecule has 2 unspecified atom stereocenters. The predicted octanol–water partition coefficient (Wildman–Crippen LogP) is 2.06. The summed E-state index contributed by atoms with van der Waals surface area (Å²) in [5.41, 5.74) is 1.19. The second kappa shape index (κ2) is 5.53. The van der Waals surface area contributed by atoms with E-state index in [1.807, 2.05) is 37.1 Å². The van der Waals surface area contributed by atoms with Gasteiger partial charge in [0.1, 0.15) is 0 Å². The fraction of sp³-hybridized carbons (Fsp3) is 0.533. The Kier molecular flexibility index (Phi) is 4.02. The summed E-state index contributed by atoms with van der Waals surface area (Å²) in [5, 5.41) is 3.23. The Labute approximate surface area is 109 Å². The van der Waals surface area contributed by atoms with Gasteiger partial charge >= 0.3 is 0 Å². The average Bonchev–Trinajstić information content (AvgIpc) is 2.35. The van der Waals surface area contributed by atoms with E-state index in [9.17, 15) is 4.79 Å². The minimum Gasteiger partial charge on any atom is -0.339 e. The maximum absolute atomic E-state index is 12.4. The lowest BCUT2D eigenvalue weighted by molar-refractivity contribution is -0.138. The van der Waals surface area contributed by atoms with Crippen LogP contribution in [0.1, 0.15) is 25.5 Å². The predicted molar refractivity (Wildman–Crippen MR) is 73.2 cm³/mol. The summed E-state index contributed by atoms with van der Waals surface area (Å²) in [5.74, 6) is 0.864. The number of nitrogens with one attached hydrogen (secondary N) is 1. The number of rotatable bonds is 4. The van der Waals surface area contributed by atoms with Crippen LogP contribution in [0.15, 0.2) is 30.3 Å². The molecule has 18 heavy (non-hydrogen) atoms. The molecule has 1 aliphatic heterocycles. The second-order valence-electron chi connectivity index (χ2n) is 5.24. The van der Waals surface area contributed by atoms with Crippen molar-refractivity contribution >= 4 is 5.91 Å². The third-order valence-corrected chi connectivity index (χ3v) is 4.12. The number of carbonyl (C=O) groups excluding carboxylic acids is 1. The van der Waals surface area contributed by atoms with E-state index < -0.39 is 0 Å². The molecular formula is C15H22N2O. The molecule has 0 spiro atoms. The number of benzene rings is 1. The molecule has 3 nitrogen and oxygen atoms in total. The van der Waals surface area contributed by atoms with Gasteiger partial charge in [0.2, 0.25) is 5.91 Å². The van der Waals surface area contributed by atoms with Crippen molar-refractivity contribution in [1.29, 1.82) is 0 Å². The van der Waals surface area contributed by atoms with Crippen molar-refractivity contribution in [2.45, 2.75) is 19.9 Å². The summed E-state index contributed by atoms with van der Waals surface area (Å²) in [7, 11) is 1.91. The molecule has 1 aliphatic rings. The van der Waals surface area contributed by atoms with Crippen LogP contribution in [0.25, 0.3) is 0 Å². The number of nitrogens with zero attached hydrogens (tertiary/aromatic N) is 1. The van der Waals surface area contributed by atoms with Crippen molar-refractivity contribution in [2.24, 2.45) is 11.8 Å². The average molecular weight is 246 g/mol. The summed E-state index contributed by atoms with van der Waals surface area (Å²) in [6.45, 7) is 6.07. The SMILES string of the molecule is CC(C(=O)N(C)C(C)c1ccccc1)C1CNC1. The van der Waals surface area contributed by atoms with Crippen molar-refractivity contribution in [3.05, 3.63) is 35.9 Å². The highest BCUT2D eigenvalue weighted by molar-refractivity contribution is 5.79. The van der Waals surface area contributed by atoms with Gasteiger partial charge < -0.3 is 10.2 Å². The zero-order valence-corrected chi connectivity index (χ0v) is 11.4. The fourth-order valence-corrected chi connectivity index (χ4v) is 2.33. The lowest BCUT2D eigenvalue weighted by atomic mass is 9.87. The summed E-state index contributed by atoms with van der Waals surface area (Å²) in [6.07, 6.45) is 0. The van der Waals surface area contributed by atoms with Gasteiger partial charge in [-0.3, -0.25) is 4.79 Å². The van der Waals surface area contributed by atoms with E-state index in [0.29, 0.717) is 5.92 Å². The maximum Gasteiger partial charge on any atom is 0.226 e. The zero-order valence-electron chi connectivity index (χ0n) is 11.4. The summed E-state index contributed by atoms with van der Waals surface area (Å²) >= 11 is 0. The molecule has 3 heteroatoms. The number of amides is 1. The van der Waals surface area contributed by atoms with Gasteiger partial charge in [-0.2, -0.15) is 0 Å². The first-order chi connectivity index (χ1) is 8.61. The first-order valence-electron chi connectivity index (χ1n) is 6.63. The first-order valence-corrected chi connectivity index (χ1v) is 6.63. The monoisotopic (exact) mass is 246 g/mol. The Morgan fingerprint density at radius 1 is 1.28 bits per heavy atom. The third kappa shape index (κ3) is 2.56. The first kappa shape index (κ1) is 13.1. The smallest absolute Gasteiger partial charge is 0.226 e. The van der Waals surface area contributed by atoms with Gasteiger partial charge in [0.15, 0.2) is 0 Å². The molecule has 1 heterocycles. The lowest BCUT2D eigenvalue weighted by Crippen LogP contribution is -2.50. The summed E-state index contributed by atoms with van der Waals surface area (Å²) in [4.78, 5) is 14.3. The Hall–Kier alpha value is -1.35. The molecule has 0 bridgehead atoms. The number of hydrogen-bond donors (Lipinski definition) is 1. The molecule has 98 valence electrons. The Bertz CT molecular complexity index is 400. The van der Waals surface area contributed by atoms with Gasteiger partial charge in [-0.1, -0.05) is 37.3 Å². The van der Waals surface area contributed by atoms with Crippen LogP contribution in [0.4, 0.5) is 0 Å². The number of hydrogen-bond acceptors (Lipinski definition) is 2. The van der Waals surface area contributed by atoms with Crippen molar-refractivity contribution < 1.29 is 4.79 Å². The van der Waals surface area contributed by atoms with E-state index in [0.717, 1.165) is 13.1 Å². The van der Waals surface area contributed by atoms with E-state index in [1.54, 1.807) is 0 Å². The molecular weight excluding hydrogens is 224 g/mol. The van der Waals surface area contributed by atoms with Crippen LogP contribution in [-0.4, -0.2) is 30.9 Å². The number of carbonyl (C=O) groups is 1. The Morgan fingerprint density at radius 3 is 2.39 bits per heavy atom. The second-order valence-corrected chi connectivity index (χ2v) is 5.24. The highest BCUT2D eigenvalue weighted by Gasteiger charge is 2.31. The third-order valence-electron chi connectivity index (χ3n) is 4.12. The molecule has 2 rings (SSSR count). The molecule has 1 aromatic rings. The van der Waals surface area contributed by atoms with Crippen molar-refractivity contribution in [3.63, 3.8) is 0 Å². The maximum atomic E-state index is 12.4. The van der Waals surface area contributed by atoms with Crippen molar-refractivity contribution in [2.75, 3.05) is 20.1 Å². The van der Waals surface area contributed by atoms with Crippen LogP contribution in [0.5, 0.6) is 0 Å². The molecule has 0 radical (unpaired) electrons. The highest BCUT2D eigenvalue weighted by atomic mass is 16.2. The standard InChI is InChI=1S/C15H22N2O/c1-11(14-9-16-10-14)15(18)17(3)12(2)13-7-5-4-6-8-13/h4-8,11-12,14,16H,9-10H2,1-3H3. The van der Waals surface area contributed by atoms with Gasteiger partial charge in [-0.15, -0.1) is 0 Å². The summed E-state index contributed by atoms with van der Waals surface area (Å²) in [6, 6.07) is 10.3. The quantitative estimate of drug-likeness (QED) is 0.882. The molecule has 1 saturated heterocycles. The molecule has 1 fully saturated rings. The molecule has 0 aromatic heterocycles. The van der Waals surface area contributed by atoms with Crippen LogP contribution in [0.3, 0.4) is 0 Å².